The van der Waals surface area contributed by atoms with Crippen LogP contribution in [0.4, 0.5) is 11.6 Å². The Morgan fingerprint density at radius 3 is 3.00 bits per heavy atom. The highest BCUT2D eigenvalue weighted by Crippen LogP contribution is 2.27. The molecule has 0 aliphatic carbocycles. The Balaban J connectivity index is 1.97. The number of nitrogens with one attached hydrogen (secondary N) is 2. The third kappa shape index (κ3) is 2.20. The molecule has 0 atom stereocenters. The fourth-order valence-electron chi connectivity index (χ4n) is 1.84. The quantitative estimate of drug-likeness (QED) is 0.751. The average Bonchev–Trinajstić information content (AvgIpc) is 2.86. The van der Waals surface area contributed by atoms with Crippen molar-refractivity contribution >= 4 is 22.8 Å². The van der Waals surface area contributed by atoms with E-state index in [4.69, 9.17) is 4.74 Å². The van der Waals surface area contributed by atoms with E-state index >= 15 is 0 Å². The second-order valence-electron chi connectivity index (χ2n) is 4.16. The SMILES string of the molecule is COc1ccc(C)cc1Nc1ncc2[nH]cnc2n1. The summed E-state index contributed by atoms with van der Waals surface area (Å²) in [4.78, 5) is 15.6. The maximum atomic E-state index is 5.31. The molecule has 0 fully saturated rings. The smallest absolute Gasteiger partial charge is 0.229 e. The summed E-state index contributed by atoms with van der Waals surface area (Å²) in [6, 6.07) is 5.88. The van der Waals surface area contributed by atoms with E-state index in [0.29, 0.717) is 11.6 Å². The first-order chi connectivity index (χ1) is 9.26. The van der Waals surface area contributed by atoms with E-state index in [-0.39, 0.29) is 0 Å². The molecule has 96 valence electrons. The number of anilines is 2. The topological polar surface area (TPSA) is 75.7 Å². The molecular weight excluding hydrogens is 242 g/mol. The van der Waals surface area contributed by atoms with Crippen LogP contribution in [0, 0.1) is 6.92 Å². The van der Waals surface area contributed by atoms with Gasteiger partial charge in [-0.1, -0.05) is 6.07 Å². The number of aryl methyl sites for hydroxylation is 1. The fourth-order valence-corrected chi connectivity index (χ4v) is 1.84. The van der Waals surface area contributed by atoms with E-state index in [1.807, 2.05) is 25.1 Å². The van der Waals surface area contributed by atoms with Crippen LogP contribution >= 0.6 is 0 Å². The first kappa shape index (κ1) is 11.5. The summed E-state index contributed by atoms with van der Waals surface area (Å²) < 4.78 is 5.31. The predicted octanol–water partition coefficient (Wildman–Crippen LogP) is 2.41. The number of imidazole rings is 1. The zero-order valence-electron chi connectivity index (χ0n) is 10.6. The maximum absolute atomic E-state index is 5.31. The molecule has 2 heterocycles. The Kier molecular flexibility index (Phi) is 2.75. The van der Waals surface area contributed by atoms with Crippen LogP contribution in [-0.4, -0.2) is 27.0 Å². The number of aromatic nitrogens is 4. The van der Waals surface area contributed by atoms with Crippen molar-refractivity contribution in [2.45, 2.75) is 6.92 Å². The van der Waals surface area contributed by atoms with E-state index in [2.05, 4.69) is 25.3 Å². The Bertz CT molecular complexity index is 722. The molecule has 0 unspecified atom stereocenters. The highest BCUT2D eigenvalue weighted by molar-refractivity contribution is 5.71. The minimum absolute atomic E-state index is 0.489. The summed E-state index contributed by atoms with van der Waals surface area (Å²) in [6.07, 6.45) is 3.29. The van der Waals surface area contributed by atoms with Crippen molar-refractivity contribution in [3.8, 4) is 5.75 Å². The van der Waals surface area contributed by atoms with Crippen molar-refractivity contribution < 1.29 is 4.74 Å². The van der Waals surface area contributed by atoms with Crippen LogP contribution < -0.4 is 10.1 Å². The summed E-state index contributed by atoms with van der Waals surface area (Å²) in [7, 11) is 1.63. The van der Waals surface area contributed by atoms with Gasteiger partial charge in [0.1, 0.15) is 11.3 Å². The van der Waals surface area contributed by atoms with Crippen molar-refractivity contribution in [2.24, 2.45) is 0 Å². The van der Waals surface area contributed by atoms with Crippen LogP contribution in [0.5, 0.6) is 5.75 Å². The lowest BCUT2D eigenvalue weighted by atomic mass is 10.2. The van der Waals surface area contributed by atoms with Gasteiger partial charge in [0.05, 0.1) is 25.3 Å². The van der Waals surface area contributed by atoms with Crippen LogP contribution in [-0.2, 0) is 0 Å². The lowest BCUT2D eigenvalue weighted by Crippen LogP contribution is -1.99. The second-order valence-corrected chi connectivity index (χ2v) is 4.16. The van der Waals surface area contributed by atoms with Gasteiger partial charge in [0.15, 0.2) is 5.65 Å². The van der Waals surface area contributed by atoms with Gasteiger partial charge in [-0.2, -0.15) is 4.98 Å². The van der Waals surface area contributed by atoms with Crippen LogP contribution in [0.15, 0.2) is 30.7 Å². The molecule has 6 heteroatoms. The normalized spacial score (nSPS) is 10.6. The number of hydrogen-bond donors (Lipinski definition) is 2. The zero-order chi connectivity index (χ0) is 13.2. The highest BCUT2D eigenvalue weighted by Gasteiger charge is 2.06. The van der Waals surface area contributed by atoms with Gasteiger partial charge in [0.2, 0.25) is 5.95 Å². The largest absolute Gasteiger partial charge is 0.495 e. The number of rotatable bonds is 3. The third-order valence-electron chi connectivity index (χ3n) is 2.78. The minimum Gasteiger partial charge on any atom is -0.495 e. The Hall–Kier alpha value is -2.63. The number of aromatic amines is 1. The van der Waals surface area contributed by atoms with Gasteiger partial charge in [-0.3, -0.25) is 0 Å². The summed E-state index contributed by atoms with van der Waals surface area (Å²) >= 11 is 0. The van der Waals surface area contributed by atoms with Gasteiger partial charge in [0.25, 0.3) is 0 Å². The van der Waals surface area contributed by atoms with Crippen molar-refractivity contribution in [1.29, 1.82) is 0 Å². The number of ether oxygens (including phenoxy) is 1. The fraction of sp³-hybridized carbons (Fsp3) is 0.154. The van der Waals surface area contributed by atoms with E-state index in [0.717, 1.165) is 22.5 Å². The molecule has 0 aliphatic heterocycles. The van der Waals surface area contributed by atoms with E-state index in [9.17, 15) is 0 Å². The molecular formula is C13H13N5O. The average molecular weight is 255 g/mol. The third-order valence-corrected chi connectivity index (χ3v) is 2.78. The molecule has 6 nitrogen and oxygen atoms in total. The molecule has 0 saturated carbocycles. The molecule has 1 aromatic carbocycles. The van der Waals surface area contributed by atoms with E-state index in [1.54, 1.807) is 19.6 Å². The summed E-state index contributed by atoms with van der Waals surface area (Å²) in [5.74, 6) is 1.24. The molecule has 0 saturated heterocycles. The maximum Gasteiger partial charge on any atom is 0.229 e. The first-order valence-electron chi connectivity index (χ1n) is 5.84. The molecule has 0 spiro atoms. The van der Waals surface area contributed by atoms with Crippen LogP contribution in [0.2, 0.25) is 0 Å². The molecule has 0 amide bonds. The van der Waals surface area contributed by atoms with Gasteiger partial charge in [-0.05, 0) is 24.6 Å². The molecule has 0 aliphatic rings. The van der Waals surface area contributed by atoms with Gasteiger partial charge in [-0.15, -0.1) is 0 Å². The number of fused-ring (bicyclic) bond motifs is 1. The second kappa shape index (κ2) is 4.56. The first-order valence-corrected chi connectivity index (χ1v) is 5.84. The van der Waals surface area contributed by atoms with Crippen LogP contribution in [0.3, 0.4) is 0 Å². The van der Waals surface area contributed by atoms with E-state index in [1.165, 1.54) is 0 Å². The number of H-pyrrole nitrogens is 1. The lowest BCUT2D eigenvalue weighted by Gasteiger charge is -2.10. The summed E-state index contributed by atoms with van der Waals surface area (Å²) in [5.41, 5.74) is 3.40. The number of methoxy groups -OCH3 is 1. The summed E-state index contributed by atoms with van der Waals surface area (Å²) in [5, 5.41) is 3.15. The Morgan fingerprint density at radius 2 is 2.16 bits per heavy atom. The Labute approximate surface area is 109 Å². The van der Waals surface area contributed by atoms with Gasteiger partial charge in [0, 0.05) is 0 Å². The molecule has 3 aromatic rings. The number of hydrogen-bond acceptors (Lipinski definition) is 5. The monoisotopic (exact) mass is 255 g/mol. The van der Waals surface area contributed by atoms with Crippen molar-refractivity contribution in [3.05, 3.63) is 36.3 Å². The van der Waals surface area contributed by atoms with Gasteiger partial charge >= 0.3 is 0 Å². The van der Waals surface area contributed by atoms with Crippen molar-refractivity contribution in [3.63, 3.8) is 0 Å². The molecule has 2 aromatic heterocycles. The lowest BCUT2D eigenvalue weighted by molar-refractivity contribution is 0.416. The van der Waals surface area contributed by atoms with Crippen molar-refractivity contribution in [1.82, 2.24) is 19.9 Å². The van der Waals surface area contributed by atoms with Crippen LogP contribution in [0.1, 0.15) is 5.56 Å². The standard InChI is InChI=1S/C13H13N5O/c1-8-3-4-11(19-2)9(5-8)17-13-14-6-10-12(18-13)16-7-15-10/h3-7H,1-2H3,(H2,14,15,16,17,18). The van der Waals surface area contributed by atoms with E-state index < -0.39 is 0 Å². The summed E-state index contributed by atoms with van der Waals surface area (Å²) in [6.45, 7) is 2.02. The predicted molar refractivity (Wildman–Crippen MR) is 72.7 cm³/mol. The Morgan fingerprint density at radius 1 is 1.26 bits per heavy atom. The molecule has 2 N–H and O–H groups in total. The number of benzene rings is 1. The van der Waals surface area contributed by atoms with Gasteiger partial charge in [-0.25, -0.2) is 9.97 Å². The molecule has 3 rings (SSSR count). The molecule has 0 radical (unpaired) electrons. The molecule has 19 heavy (non-hydrogen) atoms. The minimum atomic E-state index is 0.489. The van der Waals surface area contributed by atoms with Crippen LogP contribution in [0.25, 0.3) is 11.2 Å². The van der Waals surface area contributed by atoms with Crippen molar-refractivity contribution in [2.75, 3.05) is 12.4 Å². The van der Waals surface area contributed by atoms with Gasteiger partial charge < -0.3 is 15.0 Å². The zero-order valence-corrected chi connectivity index (χ0v) is 10.6. The highest BCUT2D eigenvalue weighted by atomic mass is 16.5. The molecule has 0 bridgehead atoms. The number of nitrogens with zero attached hydrogens (tertiary/aromatic N) is 3.